The Hall–Kier alpha value is -1.50. The van der Waals surface area contributed by atoms with E-state index in [9.17, 15) is 9.59 Å². The fraction of sp³-hybridized carbons (Fsp3) is 0.600. The van der Waals surface area contributed by atoms with Crippen molar-refractivity contribution in [1.82, 2.24) is 10.2 Å². The van der Waals surface area contributed by atoms with E-state index >= 15 is 0 Å². The van der Waals surface area contributed by atoms with Crippen molar-refractivity contribution >= 4 is 28.3 Å². The Bertz CT molecular complexity index is 407. The van der Waals surface area contributed by atoms with Crippen LogP contribution >= 0.6 is 11.3 Å². The van der Waals surface area contributed by atoms with Gasteiger partial charge < -0.3 is 10.4 Å². The van der Waals surface area contributed by atoms with Gasteiger partial charge in [-0.25, -0.2) is 0 Å². The maximum absolute atomic E-state index is 11.9. The lowest BCUT2D eigenvalue weighted by Crippen LogP contribution is -2.36. The average molecular weight is 255 g/mol. The summed E-state index contributed by atoms with van der Waals surface area (Å²) in [4.78, 5) is 23.0. The van der Waals surface area contributed by atoms with E-state index in [1.807, 2.05) is 0 Å². The number of anilines is 1. The molecular weight excluding hydrogens is 242 g/mol. The Morgan fingerprint density at radius 3 is 2.65 bits per heavy atom. The van der Waals surface area contributed by atoms with Crippen LogP contribution in [0.3, 0.4) is 0 Å². The molecule has 0 radical (unpaired) electrons. The lowest BCUT2D eigenvalue weighted by molar-refractivity contribution is -0.147. The molecule has 1 saturated carbocycles. The lowest BCUT2D eigenvalue weighted by atomic mass is 9.79. The van der Waals surface area contributed by atoms with E-state index in [1.165, 1.54) is 16.8 Å². The molecule has 0 bridgehead atoms. The second-order valence-electron chi connectivity index (χ2n) is 4.07. The van der Waals surface area contributed by atoms with Crippen molar-refractivity contribution < 1.29 is 14.7 Å². The van der Waals surface area contributed by atoms with Crippen LogP contribution < -0.4 is 5.32 Å². The summed E-state index contributed by atoms with van der Waals surface area (Å²) >= 11 is 1.22. The minimum Gasteiger partial charge on any atom is -0.481 e. The van der Waals surface area contributed by atoms with Gasteiger partial charge in [0.05, 0.1) is 11.8 Å². The summed E-state index contributed by atoms with van der Waals surface area (Å²) in [6.45, 7) is 0. The van der Waals surface area contributed by atoms with E-state index in [4.69, 9.17) is 5.11 Å². The van der Waals surface area contributed by atoms with Crippen LogP contribution in [0.2, 0.25) is 0 Å². The van der Waals surface area contributed by atoms with Gasteiger partial charge in [0.1, 0.15) is 5.51 Å². The maximum Gasteiger partial charge on any atom is 0.307 e. The van der Waals surface area contributed by atoms with Crippen LogP contribution in [0.4, 0.5) is 5.13 Å². The van der Waals surface area contributed by atoms with Gasteiger partial charge in [0.15, 0.2) is 0 Å². The smallest absolute Gasteiger partial charge is 0.307 e. The highest BCUT2D eigenvalue weighted by molar-refractivity contribution is 7.13. The topological polar surface area (TPSA) is 92.2 Å². The Kier molecular flexibility index (Phi) is 3.68. The molecule has 17 heavy (non-hydrogen) atoms. The van der Waals surface area contributed by atoms with Crippen LogP contribution in [0.5, 0.6) is 0 Å². The van der Waals surface area contributed by atoms with Crippen molar-refractivity contribution in [1.29, 1.82) is 0 Å². The van der Waals surface area contributed by atoms with E-state index in [0.29, 0.717) is 18.0 Å². The predicted octanol–water partition coefficient (Wildman–Crippen LogP) is 1.37. The van der Waals surface area contributed by atoms with Crippen molar-refractivity contribution in [3.63, 3.8) is 0 Å². The third-order valence-corrected chi connectivity index (χ3v) is 3.62. The van der Waals surface area contributed by atoms with Crippen LogP contribution in [0.15, 0.2) is 5.51 Å². The van der Waals surface area contributed by atoms with Crippen molar-refractivity contribution in [2.24, 2.45) is 11.8 Å². The molecule has 0 aliphatic heterocycles. The van der Waals surface area contributed by atoms with Crippen molar-refractivity contribution in [2.75, 3.05) is 5.32 Å². The fourth-order valence-corrected chi connectivity index (χ4v) is 2.61. The SMILES string of the molecule is O=C(O)[C@H]1CCCC[C@@H]1C(=O)Nc1nncs1. The molecule has 1 amide bonds. The fourth-order valence-electron chi connectivity index (χ4n) is 2.17. The number of hydrogen-bond donors (Lipinski definition) is 2. The van der Waals surface area contributed by atoms with Crippen LogP contribution in [-0.4, -0.2) is 27.2 Å². The van der Waals surface area contributed by atoms with Gasteiger partial charge in [0, 0.05) is 0 Å². The number of aliphatic carboxylic acids is 1. The third kappa shape index (κ3) is 2.79. The molecule has 1 aromatic rings. The number of carboxylic acid groups (broad SMARTS) is 1. The number of carboxylic acids is 1. The highest BCUT2D eigenvalue weighted by atomic mass is 32.1. The number of carbonyl (C=O) groups excluding carboxylic acids is 1. The van der Waals surface area contributed by atoms with E-state index in [0.717, 1.165) is 12.8 Å². The Balaban J connectivity index is 2.03. The summed E-state index contributed by atoms with van der Waals surface area (Å²) in [5.74, 6) is -2.17. The zero-order valence-corrected chi connectivity index (χ0v) is 9.94. The first-order chi connectivity index (χ1) is 8.18. The van der Waals surface area contributed by atoms with Crippen LogP contribution in [0.25, 0.3) is 0 Å². The number of rotatable bonds is 3. The van der Waals surface area contributed by atoms with Gasteiger partial charge in [-0.1, -0.05) is 24.2 Å². The molecule has 1 heterocycles. The van der Waals surface area contributed by atoms with E-state index < -0.39 is 17.8 Å². The molecule has 2 N–H and O–H groups in total. The number of hydrogen-bond acceptors (Lipinski definition) is 5. The van der Waals surface area contributed by atoms with E-state index in [1.54, 1.807) is 0 Å². The molecule has 92 valence electrons. The predicted molar refractivity (Wildman–Crippen MR) is 61.6 cm³/mol. The second-order valence-corrected chi connectivity index (χ2v) is 4.90. The summed E-state index contributed by atoms with van der Waals surface area (Å²) in [5.41, 5.74) is 1.52. The Morgan fingerprint density at radius 2 is 2.06 bits per heavy atom. The van der Waals surface area contributed by atoms with E-state index in [2.05, 4.69) is 15.5 Å². The molecule has 0 aromatic carbocycles. The molecule has 0 spiro atoms. The highest BCUT2D eigenvalue weighted by Crippen LogP contribution is 2.31. The van der Waals surface area contributed by atoms with Gasteiger partial charge in [-0.3, -0.25) is 9.59 Å². The quantitative estimate of drug-likeness (QED) is 0.851. The van der Waals surface area contributed by atoms with Crippen molar-refractivity contribution in [3.8, 4) is 0 Å². The first-order valence-corrected chi connectivity index (χ1v) is 6.36. The standard InChI is InChI=1S/C10H13N3O3S/c14-8(12-10-13-11-5-17-10)6-3-1-2-4-7(6)9(15)16/h5-7H,1-4H2,(H,15,16)(H,12,13,14)/t6-,7-/m0/s1. The normalized spacial score (nSPS) is 24.2. The molecule has 6 nitrogen and oxygen atoms in total. The van der Waals surface area contributed by atoms with Gasteiger partial charge in [-0.05, 0) is 12.8 Å². The number of carbonyl (C=O) groups is 2. The largest absolute Gasteiger partial charge is 0.481 e. The summed E-state index contributed by atoms with van der Waals surface area (Å²) in [5, 5.41) is 19.4. The molecule has 0 saturated heterocycles. The third-order valence-electron chi connectivity index (χ3n) is 3.01. The van der Waals surface area contributed by atoms with Gasteiger partial charge in [-0.2, -0.15) is 0 Å². The Morgan fingerprint density at radius 1 is 1.35 bits per heavy atom. The van der Waals surface area contributed by atoms with Gasteiger partial charge in [0.2, 0.25) is 11.0 Å². The number of aromatic nitrogens is 2. The van der Waals surface area contributed by atoms with Crippen LogP contribution in [0.1, 0.15) is 25.7 Å². The molecule has 1 aromatic heterocycles. The molecule has 1 aliphatic rings. The van der Waals surface area contributed by atoms with Gasteiger partial charge in [-0.15, -0.1) is 10.2 Å². The van der Waals surface area contributed by atoms with Crippen molar-refractivity contribution in [3.05, 3.63) is 5.51 Å². The maximum atomic E-state index is 11.9. The first kappa shape index (κ1) is 12.0. The summed E-state index contributed by atoms with van der Waals surface area (Å²) in [6, 6.07) is 0. The minimum atomic E-state index is -0.887. The molecular formula is C10H13N3O3S. The van der Waals surface area contributed by atoms with Crippen LogP contribution in [-0.2, 0) is 9.59 Å². The zero-order chi connectivity index (χ0) is 12.3. The van der Waals surface area contributed by atoms with Crippen molar-refractivity contribution in [2.45, 2.75) is 25.7 Å². The summed E-state index contributed by atoms with van der Waals surface area (Å²) in [7, 11) is 0. The molecule has 7 heteroatoms. The first-order valence-electron chi connectivity index (χ1n) is 5.48. The Labute approximate surface area is 102 Å². The molecule has 2 atom stereocenters. The average Bonchev–Trinajstić information content (AvgIpc) is 2.81. The number of nitrogens with one attached hydrogen (secondary N) is 1. The second kappa shape index (κ2) is 5.22. The van der Waals surface area contributed by atoms with Crippen LogP contribution in [0, 0.1) is 11.8 Å². The molecule has 2 rings (SSSR count). The zero-order valence-electron chi connectivity index (χ0n) is 9.13. The van der Waals surface area contributed by atoms with Gasteiger partial charge in [0.25, 0.3) is 0 Å². The molecule has 1 fully saturated rings. The summed E-state index contributed by atoms with van der Waals surface area (Å²) in [6.07, 6.45) is 2.97. The van der Waals surface area contributed by atoms with E-state index in [-0.39, 0.29) is 5.91 Å². The highest BCUT2D eigenvalue weighted by Gasteiger charge is 2.35. The molecule has 0 unspecified atom stereocenters. The summed E-state index contributed by atoms with van der Waals surface area (Å²) < 4.78 is 0. The number of amides is 1. The monoisotopic (exact) mass is 255 g/mol. The lowest BCUT2D eigenvalue weighted by Gasteiger charge is -2.26. The number of nitrogens with zero attached hydrogens (tertiary/aromatic N) is 2. The minimum absolute atomic E-state index is 0.256. The molecule has 1 aliphatic carbocycles. The van der Waals surface area contributed by atoms with Gasteiger partial charge >= 0.3 is 5.97 Å².